The molecule has 2 N–H and O–H groups in total. The number of carbonyl (C=O) groups excluding carboxylic acids is 2. The fraction of sp³-hybridized carbons (Fsp3) is 0.300. The molecule has 26 heavy (non-hydrogen) atoms. The van der Waals surface area contributed by atoms with E-state index >= 15 is 0 Å². The second-order valence-electron chi connectivity index (χ2n) is 5.79. The summed E-state index contributed by atoms with van der Waals surface area (Å²) in [5, 5.41) is 5.64. The molecule has 0 heterocycles. The van der Waals surface area contributed by atoms with E-state index in [0.717, 1.165) is 17.7 Å². The van der Waals surface area contributed by atoms with E-state index in [9.17, 15) is 9.59 Å². The van der Waals surface area contributed by atoms with Crippen LogP contribution < -0.4 is 15.4 Å². The number of urea groups is 1. The van der Waals surface area contributed by atoms with Crippen LogP contribution in [0.3, 0.4) is 0 Å². The van der Waals surface area contributed by atoms with Crippen LogP contribution in [-0.4, -0.2) is 18.8 Å². The number of benzene rings is 2. The van der Waals surface area contributed by atoms with Crippen LogP contribution in [0.4, 0.5) is 21.0 Å². The van der Waals surface area contributed by atoms with Gasteiger partial charge in [0.15, 0.2) is 0 Å². The number of amides is 2. The fourth-order valence-corrected chi connectivity index (χ4v) is 2.39. The van der Waals surface area contributed by atoms with Crippen molar-refractivity contribution >= 4 is 23.6 Å². The van der Waals surface area contributed by atoms with Gasteiger partial charge in [0.25, 0.3) is 0 Å². The van der Waals surface area contributed by atoms with Gasteiger partial charge in [0, 0.05) is 11.4 Å². The minimum absolute atomic E-state index is 0.247. The molecule has 0 aliphatic carbocycles. The first-order valence-electron chi connectivity index (χ1n) is 8.65. The molecule has 2 aromatic carbocycles. The highest BCUT2D eigenvalue weighted by molar-refractivity contribution is 6.00. The number of rotatable bonds is 6. The van der Waals surface area contributed by atoms with Crippen LogP contribution in [0.2, 0.25) is 0 Å². The highest BCUT2D eigenvalue weighted by atomic mass is 16.7. The Kier molecular flexibility index (Phi) is 7.02. The summed E-state index contributed by atoms with van der Waals surface area (Å²) in [5.41, 5.74) is 2.48. The third kappa shape index (κ3) is 5.51. The van der Waals surface area contributed by atoms with E-state index in [0.29, 0.717) is 17.4 Å². The number of nitrogens with one attached hydrogen (secondary N) is 2. The normalized spacial score (nSPS) is 11.3. The van der Waals surface area contributed by atoms with E-state index in [-0.39, 0.29) is 12.6 Å². The molecule has 1 unspecified atom stereocenters. The van der Waals surface area contributed by atoms with E-state index in [1.54, 1.807) is 31.2 Å². The summed E-state index contributed by atoms with van der Waals surface area (Å²) < 4.78 is 9.68. The molecular formula is C20H24N2O4. The average molecular weight is 356 g/mol. The number of hydrogen-bond donors (Lipinski definition) is 2. The molecule has 2 rings (SSSR count). The van der Waals surface area contributed by atoms with Crippen molar-refractivity contribution < 1.29 is 19.1 Å². The second kappa shape index (κ2) is 9.46. The smallest absolute Gasteiger partial charge is 0.434 e. The van der Waals surface area contributed by atoms with Gasteiger partial charge in [0.1, 0.15) is 5.75 Å². The van der Waals surface area contributed by atoms with E-state index < -0.39 is 6.16 Å². The highest BCUT2D eigenvalue weighted by Crippen LogP contribution is 2.26. The first-order chi connectivity index (χ1) is 12.5. The standard InChI is InChI=1S/C20H24N2O4/c1-4-14(3)17-8-6-7-9-18(17)22-19(23)21-15-10-12-16(13-11-15)26-20(24)25-5-2/h6-14H,4-5H2,1-3H3,(H2,21,22,23). The van der Waals surface area contributed by atoms with Crippen LogP contribution in [0.25, 0.3) is 0 Å². The fourth-order valence-electron chi connectivity index (χ4n) is 2.39. The molecule has 0 aliphatic rings. The van der Waals surface area contributed by atoms with E-state index in [1.807, 2.05) is 24.3 Å². The molecule has 1 atom stereocenters. The van der Waals surface area contributed by atoms with Crippen LogP contribution in [0.15, 0.2) is 48.5 Å². The topological polar surface area (TPSA) is 76.7 Å². The molecule has 0 saturated carbocycles. The first kappa shape index (κ1) is 19.3. The van der Waals surface area contributed by atoms with Gasteiger partial charge in [-0.1, -0.05) is 32.0 Å². The Bertz CT molecular complexity index is 744. The summed E-state index contributed by atoms with van der Waals surface area (Å²) in [6, 6.07) is 13.9. The summed E-state index contributed by atoms with van der Waals surface area (Å²) in [6.45, 7) is 6.19. The van der Waals surface area contributed by atoms with Crippen LogP contribution >= 0.6 is 0 Å². The van der Waals surface area contributed by atoms with Crippen molar-refractivity contribution in [3.05, 3.63) is 54.1 Å². The number of ether oxygens (including phenoxy) is 2. The molecule has 6 heteroatoms. The molecule has 0 aromatic heterocycles. The summed E-state index contributed by atoms with van der Waals surface area (Å²) in [4.78, 5) is 23.5. The molecule has 0 saturated heterocycles. The quantitative estimate of drug-likeness (QED) is 0.538. The average Bonchev–Trinajstić information content (AvgIpc) is 2.63. The molecule has 2 amide bonds. The Morgan fingerprint density at radius 1 is 1.00 bits per heavy atom. The maximum Gasteiger partial charge on any atom is 0.513 e. The maximum absolute atomic E-state index is 12.3. The lowest BCUT2D eigenvalue weighted by atomic mass is 9.97. The lowest BCUT2D eigenvalue weighted by Gasteiger charge is -2.16. The van der Waals surface area contributed by atoms with Gasteiger partial charge in [-0.05, 0) is 55.2 Å². The number of carbonyl (C=O) groups is 2. The molecule has 0 bridgehead atoms. The number of hydrogen-bond acceptors (Lipinski definition) is 4. The van der Waals surface area contributed by atoms with E-state index in [1.165, 1.54) is 0 Å². The van der Waals surface area contributed by atoms with Crippen LogP contribution in [0.5, 0.6) is 5.75 Å². The van der Waals surface area contributed by atoms with Gasteiger partial charge in [-0.2, -0.15) is 0 Å². The van der Waals surface area contributed by atoms with Gasteiger partial charge in [0.2, 0.25) is 0 Å². The Morgan fingerprint density at radius 3 is 2.35 bits per heavy atom. The lowest BCUT2D eigenvalue weighted by Crippen LogP contribution is -2.20. The van der Waals surface area contributed by atoms with Gasteiger partial charge < -0.3 is 20.1 Å². The van der Waals surface area contributed by atoms with Crippen molar-refractivity contribution in [3.63, 3.8) is 0 Å². The molecule has 0 radical (unpaired) electrons. The van der Waals surface area contributed by atoms with Crippen molar-refractivity contribution in [2.75, 3.05) is 17.2 Å². The molecule has 138 valence electrons. The van der Waals surface area contributed by atoms with E-state index in [2.05, 4.69) is 24.5 Å². The van der Waals surface area contributed by atoms with Crippen LogP contribution in [-0.2, 0) is 4.74 Å². The minimum atomic E-state index is -0.757. The Labute approximate surface area is 153 Å². The predicted molar refractivity (Wildman–Crippen MR) is 102 cm³/mol. The maximum atomic E-state index is 12.3. The summed E-state index contributed by atoms with van der Waals surface area (Å²) in [7, 11) is 0. The minimum Gasteiger partial charge on any atom is -0.434 e. The van der Waals surface area contributed by atoms with Crippen LogP contribution in [0.1, 0.15) is 38.7 Å². The Hall–Kier alpha value is -3.02. The van der Waals surface area contributed by atoms with Gasteiger partial charge >= 0.3 is 12.2 Å². The number of anilines is 2. The van der Waals surface area contributed by atoms with Crippen molar-refractivity contribution in [1.29, 1.82) is 0 Å². The van der Waals surface area contributed by atoms with Gasteiger partial charge in [-0.25, -0.2) is 9.59 Å². The lowest BCUT2D eigenvalue weighted by molar-refractivity contribution is 0.104. The Balaban J connectivity index is 1.97. The largest absolute Gasteiger partial charge is 0.513 e. The van der Waals surface area contributed by atoms with Gasteiger partial charge in [-0.15, -0.1) is 0 Å². The SMILES string of the molecule is CCOC(=O)Oc1ccc(NC(=O)Nc2ccccc2C(C)CC)cc1. The molecule has 6 nitrogen and oxygen atoms in total. The van der Waals surface area contributed by atoms with Crippen molar-refractivity contribution in [2.45, 2.75) is 33.1 Å². The van der Waals surface area contributed by atoms with Crippen molar-refractivity contribution in [3.8, 4) is 5.75 Å². The predicted octanol–water partition coefficient (Wildman–Crippen LogP) is 5.38. The number of para-hydroxylation sites is 1. The second-order valence-corrected chi connectivity index (χ2v) is 5.79. The summed E-state index contributed by atoms with van der Waals surface area (Å²) >= 11 is 0. The summed E-state index contributed by atoms with van der Waals surface area (Å²) in [5.74, 6) is 0.697. The molecule has 0 aliphatic heterocycles. The summed E-state index contributed by atoms with van der Waals surface area (Å²) in [6.07, 6.45) is 0.231. The van der Waals surface area contributed by atoms with E-state index in [4.69, 9.17) is 9.47 Å². The van der Waals surface area contributed by atoms with Crippen molar-refractivity contribution in [1.82, 2.24) is 0 Å². The van der Waals surface area contributed by atoms with Crippen LogP contribution in [0, 0.1) is 0 Å². The Morgan fingerprint density at radius 2 is 1.69 bits per heavy atom. The van der Waals surface area contributed by atoms with Gasteiger partial charge in [0.05, 0.1) is 6.61 Å². The molecular weight excluding hydrogens is 332 g/mol. The zero-order valence-corrected chi connectivity index (χ0v) is 15.2. The van der Waals surface area contributed by atoms with Gasteiger partial charge in [-0.3, -0.25) is 0 Å². The third-order valence-electron chi connectivity index (χ3n) is 3.93. The highest BCUT2D eigenvalue weighted by Gasteiger charge is 2.11. The van der Waals surface area contributed by atoms with Crippen molar-refractivity contribution in [2.24, 2.45) is 0 Å². The molecule has 0 fully saturated rings. The molecule has 0 spiro atoms. The first-order valence-corrected chi connectivity index (χ1v) is 8.65. The third-order valence-corrected chi connectivity index (χ3v) is 3.93. The zero-order valence-electron chi connectivity index (χ0n) is 15.2. The molecule has 2 aromatic rings. The zero-order chi connectivity index (χ0) is 18.9. The monoisotopic (exact) mass is 356 g/mol.